The van der Waals surface area contributed by atoms with Gasteiger partial charge in [0.05, 0.1) is 6.54 Å². The minimum absolute atomic E-state index is 0. The molecule has 1 amide bonds. The Labute approximate surface area is 186 Å². The highest BCUT2D eigenvalue weighted by Crippen LogP contribution is 2.40. The molecule has 1 aliphatic carbocycles. The summed E-state index contributed by atoms with van der Waals surface area (Å²) in [4.78, 5) is 15.1. The van der Waals surface area contributed by atoms with Gasteiger partial charge >= 0.3 is 0 Å². The standard InChI is InChI=1S/C25H33N3O.ClH/c26-15-21-16-28(17-23(21)20-9-3-1-4-10-20)18-24(29)27-19-25(13-7-8-14-25)22-11-5-2-6-12-22;/h1-6,9-12,21,23H,7-8,13-19,26H2,(H,27,29);1H/t21-,23+;/m1./s1. The number of hydrogen-bond donors (Lipinski definition) is 2. The van der Waals surface area contributed by atoms with Gasteiger partial charge in [-0.15, -0.1) is 12.4 Å². The van der Waals surface area contributed by atoms with E-state index in [4.69, 9.17) is 5.73 Å². The van der Waals surface area contributed by atoms with Crippen molar-refractivity contribution in [2.24, 2.45) is 11.7 Å². The lowest BCUT2D eigenvalue weighted by Crippen LogP contribution is -2.43. The summed E-state index contributed by atoms with van der Waals surface area (Å²) < 4.78 is 0. The first-order valence-electron chi connectivity index (χ1n) is 11.0. The zero-order valence-corrected chi connectivity index (χ0v) is 18.4. The van der Waals surface area contributed by atoms with E-state index in [0.717, 1.165) is 32.5 Å². The Balaban J connectivity index is 0.00000256. The molecule has 5 heteroatoms. The van der Waals surface area contributed by atoms with Crippen LogP contribution in [-0.4, -0.2) is 43.5 Å². The lowest BCUT2D eigenvalue weighted by Gasteiger charge is -2.30. The van der Waals surface area contributed by atoms with Gasteiger partial charge in [-0.25, -0.2) is 0 Å². The molecule has 0 spiro atoms. The molecule has 2 fully saturated rings. The molecule has 1 saturated heterocycles. The van der Waals surface area contributed by atoms with Gasteiger partial charge < -0.3 is 11.1 Å². The van der Waals surface area contributed by atoms with E-state index in [1.807, 2.05) is 6.07 Å². The smallest absolute Gasteiger partial charge is 0.234 e. The van der Waals surface area contributed by atoms with Crippen molar-refractivity contribution >= 4 is 18.3 Å². The van der Waals surface area contributed by atoms with Gasteiger partial charge in [0.25, 0.3) is 0 Å². The van der Waals surface area contributed by atoms with Crippen LogP contribution in [0.5, 0.6) is 0 Å². The van der Waals surface area contributed by atoms with Crippen LogP contribution < -0.4 is 11.1 Å². The Bertz CT molecular complexity index is 793. The molecule has 2 atom stereocenters. The fourth-order valence-corrected chi connectivity index (χ4v) is 5.34. The number of amides is 1. The van der Waals surface area contributed by atoms with Crippen LogP contribution in [0.4, 0.5) is 0 Å². The molecule has 162 valence electrons. The summed E-state index contributed by atoms with van der Waals surface area (Å²) in [6, 6.07) is 21.3. The fourth-order valence-electron chi connectivity index (χ4n) is 5.34. The van der Waals surface area contributed by atoms with Crippen LogP contribution in [0, 0.1) is 5.92 Å². The molecule has 4 rings (SSSR count). The van der Waals surface area contributed by atoms with Gasteiger partial charge in [-0.05, 0) is 36.4 Å². The maximum atomic E-state index is 12.8. The van der Waals surface area contributed by atoms with E-state index in [1.165, 1.54) is 24.0 Å². The first kappa shape index (κ1) is 22.8. The SMILES string of the molecule is Cl.NC[C@@H]1CN(CC(=O)NCC2(c3ccccc3)CCCC2)C[C@H]1c1ccccc1. The van der Waals surface area contributed by atoms with Crippen LogP contribution in [-0.2, 0) is 10.2 Å². The normalized spacial score (nSPS) is 23.1. The van der Waals surface area contributed by atoms with Crippen LogP contribution in [0.3, 0.4) is 0 Å². The van der Waals surface area contributed by atoms with Crippen molar-refractivity contribution in [2.75, 3.05) is 32.7 Å². The van der Waals surface area contributed by atoms with E-state index in [1.54, 1.807) is 0 Å². The maximum Gasteiger partial charge on any atom is 0.234 e. The van der Waals surface area contributed by atoms with E-state index in [2.05, 4.69) is 64.8 Å². The number of likely N-dealkylation sites (tertiary alicyclic amines) is 1. The van der Waals surface area contributed by atoms with Gasteiger partial charge in [0.2, 0.25) is 5.91 Å². The predicted molar refractivity (Wildman–Crippen MR) is 125 cm³/mol. The number of rotatable bonds is 7. The molecule has 0 unspecified atom stereocenters. The van der Waals surface area contributed by atoms with E-state index in [0.29, 0.717) is 24.9 Å². The molecule has 0 bridgehead atoms. The van der Waals surface area contributed by atoms with Crippen molar-refractivity contribution in [3.63, 3.8) is 0 Å². The Morgan fingerprint density at radius 3 is 2.27 bits per heavy atom. The highest BCUT2D eigenvalue weighted by molar-refractivity contribution is 5.85. The second-order valence-electron chi connectivity index (χ2n) is 8.84. The molecule has 4 nitrogen and oxygen atoms in total. The highest BCUT2D eigenvalue weighted by Gasteiger charge is 2.37. The molecule has 2 aromatic rings. The van der Waals surface area contributed by atoms with Crippen LogP contribution in [0.15, 0.2) is 60.7 Å². The van der Waals surface area contributed by atoms with Crippen molar-refractivity contribution in [3.8, 4) is 0 Å². The zero-order chi connectivity index (χ0) is 20.1. The van der Waals surface area contributed by atoms with Crippen molar-refractivity contribution in [1.82, 2.24) is 10.2 Å². The Morgan fingerprint density at radius 2 is 1.63 bits per heavy atom. The molecule has 1 heterocycles. The van der Waals surface area contributed by atoms with E-state index < -0.39 is 0 Å². The van der Waals surface area contributed by atoms with Gasteiger partial charge in [-0.1, -0.05) is 73.5 Å². The van der Waals surface area contributed by atoms with Crippen molar-refractivity contribution < 1.29 is 4.79 Å². The van der Waals surface area contributed by atoms with E-state index in [9.17, 15) is 4.79 Å². The first-order chi connectivity index (χ1) is 14.2. The predicted octanol–water partition coefficient (Wildman–Crippen LogP) is 3.71. The van der Waals surface area contributed by atoms with Crippen molar-refractivity contribution in [2.45, 2.75) is 37.0 Å². The topological polar surface area (TPSA) is 58.4 Å². The van der Waals surface area contributed by atoms with Crippen LogP contribution in [0.25, 0.3) is 0 Å². The number of nitrogens with one attached hydrogen (secondary N) is 1. The van der Waals surface area contributed by atoms with Gasteiger partial charge in [0.1, 0.15) is 0 Å². The molecule has 30 heavy (non-hydrogen) atoms. The maximum absolute atomic E-state index is 12.8. The summed E-state index contributed by atoms with van der Waals surface area (Å²) in [6.07, 6.45) is 4.81. The van der Waals surface area contributed by atoms with Crippen LogP contribution >= 0.6 is 12.4 Å². The highest BCUT2D eigenvalue weighted by atomic mass is 35.5. The number of nitrogens with two attached hydrogens (primary N) is 1. The molecular weight excluding hydrogens is 394 g/mol. The molecule has 0 radical (unpaired) electrons. The van der Waals surface area contributed by atoms with Crippen molar-refractivity contribution in [3.05, 3.63) is 71.8 Å². The Hall–Kier alpha value is -1.88. The lowest BCUT2D eigenvalue weighted by atomic mass is 9.79. The minimum Gasteiger partial charge on any atom is -0.354 e. The average molecular weight is 428 g/mol. The zero-order valence-electron chi connectivity index (χ0n) is 17.6. The summed E-state index contributed by atoms with van der Waals surface area (Å²) in [5.74, 6) is 0.965. The number of hydrogen-bond acceptors (Lipinski definition) is 3. The molecular formula is C25H34ClN3O. The number of carbonyl (C=O) groups is 1. The third-order valence-corrected chi connectivity index (χ3v) is 6.99. The lowest BCUT2D eigenvalue weighted by molar-refractivity contribution is -0.122. The van der Waals surface area contributed by atoms with E-state index >= 15 is 0 Å². The Kier molecular flexibility index (Phi) is 7.93. The van der Waals surface area contributed by atoms with Gasteiger partial charge in [-0.3, -0.25) is 9.69 Å². The summed E-state index contributed by atoms with van der Waals surface area (Å²) in [7, 11) is 0. The largest absolute Gasteiger partial charge is 0.354 e. The number of carbonyl (C=O) groups excluding carboxylic acids is 1. The molecule has 2 aliphatic rings. The first-order valence-corrected chi connectivity index (χ1v) is 11.0. The van der Waals surface area contributed by atoms with Gasteiger partial charge in [0, 0.05) is 31.0 Å². The monoisotopic (exact) mass is 427 g/mol. The second-order valence-corrected chi connectivity index (χ2v) is 8.84. The average Bonchev–Trinajstić information content (AvgIpc) is 3.41. The molecule has 3 N–H and O–H groups in total. The van der Waals surface area contributed by atoms with Gasteiger partial charge in [0.15, 0.2) is 0 Å². The molecule has 2 aromatic carbocycles. The molecule has 1 saturated carbocycles. The number of halogens is 1. The van der Waals surface area contributed by atoms with Crippen molar-refractivity contribution in [1.29, 1.82) is 0 Å². The fraction of sp³-hybridized carbons (Fsp3) is 0.480. The summed E-state index contributed by atoms with van der Waals surface area (Å²) in [5, 5.41) is 3.27. The number of nitrogens with zero attached hydrogens (tertiary/aromatic N) is 1. The second kappa shape index (κ2) is 10.4. The van der Waals surface area contributed by atoms with Crippen LogP contribution in [0.2, 0.25) is 0 Å². The Morgan fingerprint density at radius 1 is 1.00 bits per heavy atom. The third kappa shape index (κ3) is 5.05. The summed E-state index contributed by atoms with van der Waals surface area (Å²) in [5.41, 5.74) is 8.86. The molecule has 1 aliphatic heterocycles. The quantitative estimate of drug-likeness (QED) is 0.708. The summed E-state index contributed by atoms with van der Waals surface area (Å²) in [6.45, 7) is 3.67. The molecule has 0 aromatic heterocycles. The van der Waals surface area contributed by atoms with Crippen LogP contribution in [0.1, 0.15) is 42.7 Å². The van der Waals surface area contributed by atoms with Gasteiger partial charge in [-0.2, -0.15) is 0 Å². The van der Waals surface area contributed by atoms with E-state index in [-0.39, 0.29) is 23.7 Å². The third-order valence-electron chi connectivity index (χ3n) is 6.99. The number of benzene rings is 2. The summed E-state index contributed by atoms with van der Waals surface area (Å²) >= 11 is 0. The minimum atomic E-state index is 0.